The van der Waals surface area contributed by atoms with Crippen molar-refractivity contribution in [3.8, 4) is 5.75 Å². The summed E-state index contributed by atoms with van der Waals surface area (Å²) >= 11 is 0. The fraction of sp³-hybridized carbons (Fsp3) is 0.600. The van der Waals surface area contributed by atoms with Crippen LogP contribution in [0, 0.1) is 6.92 Å². The Morgan fingerprint density at radius 2 is 1.83 bits per heavy atom. The zero-order chi connectivity index (χ0) is 13.1. The fourth-order valence-corrected chi connectivity index (χ4v) is 1.88. The second kappa shape index (κ2) is 9.92. The van der Waals surface area contributed by atoms with E-state index in [1.54, 1.807) is 0 Å². The molecule has 0 radical (unpaired) electrons. The van der Waals surface area contributed by atoms with Gasteiger partial charge in [0.1, 0.15) is 5.75 Å². The molecule has 0 aliphatic heterocycles. The van der Waals surface area contributed by atoms with Crippen LogP contribution >= 0.6 is 0 Å². The van der Waals surface area contributed by atoms with Gasteiger partial charge in [0.25, 0.3) is 0 Å². The first-order chi connectivity index (χ1) is 8.84. The van der Waals surface area contributed by atoms with Crippen molar-refractivity contribution < 1.29 is 15.2 Å². The second-order valence-electron chi connectivity index (χ2n) is 4.62. The number of para-hydroxylation sites is 1. The zero-order valence-electron chi connectivity index (χ0n) is 11.4. The second-order valence-corrected chi connectivity index (χ2v) is 4.62. The standard InChI is InChI=1S/C15H25NO2/c1-14-8-4-5-9-15(14)18-13-7-3-2-6-10-16-11-12-17/h4-5,8-9,16-17H,2-3,6-7,10-13H2,1H3/p+1. The first-order valence-corrected chi connectivity index (χ1v) is 6.95. The Morgan fingerprint density at radius 1 is 1.06 bits per heavy atom. The molecule has 1 rings (SSSR count). The number of hydrogen-bond donors (Lipinski definition) is 2. The third-order valence-corrected chi connectivity index (χ3v) is 2.99. The van der Waals surface area contributed by atoms with E-state index in [1.165, 1.54) is 24.8 Å². The van der Waals surface area contributed by atoms with Crippen LogP contribution in [0.2, 0.25) is 0 Å². The highest BCUT2D eigenvalue weighted by Crippen LogP contribution is 2.16. The van der Waals surface area contributed by atoms with Crippen molar-refractivity contribution in [2.45, 2.75) is 32.6 Å². The van der Waals surface area contributed by atoms with Crippen molar-refractivity contribution >= 4 is 0 Å². The monoisotopic (exact) mass is 252 g/mol. The molecule has 3 nitrogen and oxygen atoms in total. The van der Waals surface area contributed by atoms with Crippen LogP contribution in [0.5, 0.6) is 5.75 Å². The minimum Gasteiger partial charge on any atom is -0.493 e. The topological polar surface area (TPSA) is 46.1 Å². The molecule has 3 N–H and O–H groups in total. The molecule has 0 bridgehead atoms. The van der Waals surface area contributed by atoms with Gasteiger partial charge in [-0.05, 0) is 44.2 Å². The minimum atomic E-state index is 0.282. The summed E-state index contributed by atoms with van der Waals surface area (Å²) in [5.41, 5.74) is 1.20. The van der Waals surface area contributed by atoms with E-state index in [-0.39, 0.29) is 6.61 Å². The first-order valence-electron chi connectivity index (χ1n) is 6.95. The number of benzene rings is 1. The smallest absolute Gasteiger partial charge is 0.122 e. The highest BCUT2D eigenvalue weighted by molar-refractivity contribution is 5.31. The molecular formula is C15H26NO2+. The molecule has 1 aromatic carbocycles. The van der Waals surface area contributed by atoms with E-state index in [2.05, 4.69) is 18.3 Å². The van der Waals surface area contributed by atoms with Crippen molar-refractivity contribution in [3.05, 3.63) is 29.8 Å². The summed E-state index contributed by atoms with van der Waals surface area (Å²) in [5, 5.41) is 10.8. The van der Waals surface area contributed by atoms with E-state index in [1.807, 2.05) is 18.2 Å². The molecular weight excluding hydrogens is 226 g/mol. The first kappa shape index (κ1) is 15.0. The molecule has 0 unspecified atom stereocenters. The maximum absolute atomic E-state index is 8.62. The number of aliphatic hydroxyl groups is 1. The van der Waals surface area contributed by atoms with Crippen LogP contribution in [0.3, 0.4) is 0 Å². The molecule has 0 aliphatic rings. The number of unbranched alkanes of at least 4 members (excludes halogenated alkanes) is 3. The van der Waals surface area contributed by atoms with Crippen LogP contribution in [-0.4, -0.2) is 31.4 Å². The summed E-state index contributed by atoms with van der Waals surface area (Å²) in [7, 11) is 0. The van der Waals surface area contributed by atoms with E-state index >= 15 is 0 Å². The van der Waals surface area contributed by atoms with Crippen LogP contribution < -0.4 is 10.1 Å². The maximum atomic E-state index is 8.62. The van der Waals surface area contributed by atoms with E-state index in [9.17, 15) is 0 Å². The van der Waals surface area contributed by atoms with Gasteiger partial charge in [0.05, 0.1) is 26.3 Å². The van der Waals surface area contributed by atoms with Gasteiger partial charge in [-0.25, -0.2) is 0 Å². The Bertz CT molecular complexity index is 315. The quantitative estimate of drug-likeness (QED) is 0.620. The zero-order valence-corrected chi connectivity index (χ0v) is 11.4. The fourth-order valence-electron chi connectivity index (χ4n) is 1.88. The summed E-state index contributed by atoms with van der Waals surface area (Å²) in [4.78, 5) is 0. The Labute approximate surface area is 110 Å². The van der Waals surface area contributed by atoms with Gasteiger partial charge in [0.15, 0.2) is 0 Å². The lowest BCUT2D eigenvalue weighted by Crippen LogP contribution is -2.85. The number of hydrogen-bond acceptors (Lipinski definition) is 2. The van der Waals surface area contributed by atoms with E-state index in [0.717, 1.165) is 31.9 Å². The summed E-state index contributed by atoms with van der Waals surface area (Å²) in [6, 6.07) is 8.15. The third kappa shape index (κ3) is 6.62. The van der Waals surface area contributed by atoms with Gasteiger partial charge in [0.2, 0.25) is 0 Å². The molecule has 0 atom stereocenters. The molecule has 0 spiro atoms. The van der Waals surface area contributed by atoms with Crippen LogP contribution in [0.4, 0.5) is 0 Å². The molecule has 0 heterocycles. The van der Waals surface area contributed by atoms with Gasteiger partial charge in [-0.1, -0.05) is 18.2 Å². The molecule has 3 heteroatoms. The van der Waals surface area contributed by atoms with Crippen molar-refractivity contribution in [1.29, 1.82) is 0 Å². The van der Waals surface area contributed by atoms with Gasteiger partial charge in [-0.2, -0.15) is 0 Å². The van der Waals surface area contributed by atoms with Gasteiger partial charge < -0.3 is 15.2 Å². The molecule has 18 heavy (non-hydrogen) atoms. The van der Waals surface area contributed by atoms with E-state index in [0.29, 0.717) is 0 Å². The summed E-state index contributed by atoms with van der Waals surface area (Å²) in [6.07, 6.45) is 4.82. The van der Waals surface area contributed by atoms with Gasteiger partial charge in [-0.3, -0.25) is 0 Å². The summed E-state index contributed by atoms with van der Waals surface area (Å²) < 4.78 is 5.74. The van der Waals surface area contributed by atoms with Gasteiger partial charge in [0, 0.05) is 0 Å². The van der Waals surface area contributed by atoms with E-state index in [4.69, 9.17) is 9.84 Å². The van der Waals surface area contributed by atoms with Crippen LogP contribution in [0.25, 0.3) is 0 Å². The van der Waals surface area contributed by atoms with Crippen molar-refractivity contribution in [2.75, 3.05) is 26.3 Å². The predicted molar refractivity (Wildman–Crippen MR) is 73.9 cm³/mol. The molecule has 0 aromatic heterocycles. The maximum Gasteiger partial charge on any atom is 0.122 e. The van der Waals surface area contributed by atoms with Crippen molar-refractivity contribution in [3.63, 3.8) is 0 Å². The lowest BCUT2D eigenvalue weighted by molar-refractivity contribution is -0.656. The lowest BCUT2D eigenvalue weighted by atomic mass is 10.2. The Hall–Kier alpha value is -1.06. The van der Waals surface area contributed by atoms with Gasteiger partial charge in [-0.15, -0.1) is 0 Å². The average molecular weight is 252 g/mol. The summed E-state index contributed by atoms with van der Waals surface area (Å²) in [5.74, 6) is 1.01. The largest absolute Gasteiger partial charge is 0.493 e. The van der Waals surface area contributed by atoms with E-state index < -0.39 is 0 Å². The molecule has 102 valence electrons. The number of nitrogens with two attached hydrogens (primary N) is 1. The van der Waals surface area contributed by atoms with Crippen molar-refractivity contribution in [2.24, 2.45) is 0 Å². The number of aliphatic hydroxyl groups excluding tert-OH is 1. The van der Waals surface area contributed by atoms with Crippen LogP contribution in [0.1, 0.15) is 31.2 Å². The predicted octanol–water partition coefficient (Wildman–Crippen LogP) is 1.49. The lowest BCUT2D eigenvalue weighted by Gasteiger charge is -2.08. The number of rotatable bonds is 10. The van der Waals surface area contributed by atoms with Crippen molar-refractivity contribution in [1.82, 2.24) is 0 Å². The molecule has 1 aromatic rings. The number of quaternary nitrogens is 1. The minimum absolute atomic E-state index is 0.282. The normalized spacial score (nSPS) is 10.6. The molecule has 0 saturated carbocycles. The van der Waals surface area contributed by atoms with Crippen LogP contribution in [-0.2, 0) is 0 Å². The molecule has 0 aliphatic carbocycles. The molecule has 0 fully saturated rings. The molecule has 0 saturated heterocycles. The van der Waals surface area contributed by atoms with Gasteiger partial charge >= 0.3 is 0 Å². The number of ether oxygens (including phenoxy) is 1. The third-order valence-electron chi connectivity index (χ3n) is 2.99. The van der Waals surface area contributed by atoms with Crippen LogP contribution in [0.15, 0.2) is 24.3 Å². The average Bonchev–Trinajstić information content (AvgIpc) is 2.39. The summed E-state index contributed by atoms with van der Waals surface area (Å²) in [6.45, 7) is 5.12. The molecule has 0 amide bonds. The highest BCUT2D eigenvalue weighted by Gasteiger charge is 1.97. The number of aryl methyl sites for hydroxylation is 1. The Balaban J connectivity index is 1.94. The highest BCUT2D eigenvalue weighted by atomic mass is 16.5. The Kier molecular flexibility index (Phi) is 8.26. The SMILES string of the molecule is Cc1ccccc1OCCCCCC[NH2+]CCO. The Morgan fingerprint density at radius 3 is 2.61 bits per heavy atom.